The summed E-state index contributed by atoms with van der Waals surface area (Å²) in [7, 11) is 0. The van der Waals surface area contributed by atoms with Crippen molar-refractivity contribution in [3.63, 3.8) is 0 Å². The van der Waals surface area contributed by atoms with E-state index in [1.54, 1.807) is 0 Å². The number of ether oxygens (including phenoxy) is 1. The van der Waals surface area contributed by atoms with Gasteiger partial charge in [-0.3, -0.25) is 4.79 Å². The molecule has 2 fully saturated rings. The van der Waals surface area contributed by atoms with Gasteiger partial charge in [-0.2, -0.15) is 4.98 Å². The van der Waals surface area contributed by atoms with Crippen molar-refractivity contribution in [1.82, 2.24) is 9.88 Å². The van der Waals surface area contributed by atoms with Crippen molar-refractivity contribution < 1.29 is 13.9 Å². The maximum atomic E-state index is 12.6. The number of hydrogen-bond donors (Lipinski definition) is 0. The zero-order valence-electron chi connectivity index (χ0n) is 13.1. The minimum absolute atomic E-state index is 0.102. The van der Waals surface area contributed by atoms with Gasteiger partial charge < -0.3 is 19.0 Å². The summed E-state index contributed by atoms with van der Waals surface area (Å²) in [6.45, 7) is 3.41. The number of likely N-dealkylation sites (tertiary alicyclic amines) is 1. The standard InChI is InChI=1S/C17H21N3O3/c21-16(19-8-4-1-5-9-19)15-12-20(10-11-22-15)17-18-13-6-2-3-7-14(13)23-17/h2-3,6-7,15H,1,4-5,8-12H2. The van der Waals surface area contributed by atoms with Crippen LogP contribution in [0.4, 0.5) is 6.01 Å². The summed E-state index contributed by atoms with van der Waals surface area (Å²) in [5.74, 6) is 0.102. The molecule has 1 aromatic heterocycles. The van der Waals surface area contributed by atoms with Crippen LogP contribution in [0.2, 0.25) is 0 Å². The van der Waals surface area contributed by atoms with E-state index >= 15 is 0 Å². The first kappa shape index (κ1) is 14.5. The van der Waals surface area contributed by atoms with Crippen LogP contribution in [0.15, 0.2) is 28.7 Å². The average molecular weight is 315 g/mol. The summed E-state index contributed by atoms with van der Waals surface area (Å²) < 4.78 is 11.5. The first-order valence-corrected chi connectivity index (χ1v) is 8.32. The van der Waals surface area contributed by atoms with Gasteiger partial charge in [-0.1, -0.05) is 12.1 Å². The zero-order valence-corrected chi connectivity index (χ0v) is 13.1. The van der Waals surface area contributed by atoms with Crippen molar-refractivity contribution in [1.29, 1.82) is 0 Å². The highest BCUT2D eigenvalue weighted by Crippen LogP contribution is 2.24. The van der Waals surface area contributed by atoms with Crippen LogP contribution in [-0.4, -0.2) is 54.7 Å². The molecule has 1 aromatic carbocycles. The van der Waals surface area contributed by atoms with Crippen LogP contribution in [0.5, 0.6) is 0 Å². The molecule has 1 atom stereocenters. The number of piperidine rings is 1. The first-order chi connectivity index (χ1) is 11.3. The van der Waals surface area contributed by atoms with Crippen LogP contribution in [0, 0.1) is 0 Å². The van der Waals surface area contributed by atoms with Crippen LogP contribution in [-0.2, 0) is 9.53 Å². The van der Waals surface area contributed by atoms with Crippen molar-refractivity contribution >= 4 is 23.0 Å². The molecule has 6 nitrogen and oxygen atoms in total. The minimum Gasteiger partial charge on any atom is -0.423 e. The minimum atomic E-state index is -0.420. The number of carbonyl (C=O) groups is 1. The number of para-hydroxylation sites is 2. The Labute approximate surface area is 135 Å². The van der Waals surface area contributed by atoms with E-state index in [4.69, 9.17) is 9.15 Å². The molecular formula is C17H21N3O3. The van der Waals surface area contributed by atoms with E-state index in [-0.39, 0.29) is 5.91 Å². The van der Waals surface area contributed by atoms with E-state index in [1.165, 1.54) is 6.42 Å². The molecule has 6 heteroatoms. The Kier molecular flexibility index (Phi) is 3.91. The molecule has 0 saturated carbocycles. The molecule has 0 bridgehead atoms. The van der Waals surface area contributed by atoms with Crippen molar-refractivity contribution in [2.24, 2.45) is 0 Å². The monoisotopic (exact) mass is 315 g/mol. The molecule has 2 aliphatic rings. The summed E-state index contributed by atoms with van der Waals surface area (Å²) in [6.07, 6.45) is 2.97. The average Bonchev–Trinajstić information content (AvgIpc) is 3.06. The third kappa shape index (κ3) is 2.91. The van der Waals surface area contributed by atoms with E-state index in [0.29, 0.717) is 25.7 Å². The molecule has 1 unspecified atom stereocenters. The smallest absolute Gasteiger partial charge is 0.298 e. The van der Waals surface area contributed by atoms with Crippen LogP contribution < -0.4 is 4.90 Å². The Balaban J connectivity index is 1.48. The number of fused-ring (bicyclic) bond motifs is 1. The van der Waals surface area contributed by atoms with Gasteiger partial charge in [0, 0.05) is 19.6 Å². The lowest BCUT2D eigenvalue weighted by Gasteiger charge is -2.35. The maximum absolute atomic E-state index is 12.6. The summed E-state index contributed by atoms with van der Waals surface area (Å²) in [5.41, 5.74) is 1.61. The fraction of sp³-hybridized carbons (Fsp3) is 0.529. The van der Waals surface area contributed by atoms with E-state index in [9.17, 15) is 4.79 Å². The molecule has 1 amide bonds. The lowest BCUT2D eigenvalue weighted by molar-refractivity contribution is -0.145. The quantitative estimate of drug-likeness (QED) is 0.849. The number of nitrogens with zero attached hydrogens (tertiary/aromatic N) is 3. The summed E-state index contributed by atoms with van der Waals surface area (Å²) in [5, 5.41) is 0. The van der Waals surface area contributed by atoms with Gasteiger partial charge in [0.2, 0.25) is 0 Å². The summed E-state index contributed by atoms with van der Waals surface area (Å²) in [4.78, 5) is 21.1. The van der Waals surface area contributed by atoms with E-state index < -0.39 is 6.10 Å². The van der Waals surface area contributed by atoms with Crippen LogP contribution in [0.3, 0.4) is 0 Å². The third-order valence-electron chi connectivity index (χ3n) is 4.56. The van der Waals surface area contributed by atoms with Crippen molar-refractivity contribution in [2.75, 3.05) is 37.7 Å². The molecule has 0 radical (unpaired) electrons. The second-order valence-electron chi connectivity index (χ2n) is 6.16. The van der Waals surface area contributed by atoms with Gasteiger partial charge in [0.05, 0.1) is 13.2 Å². The van der Waals surface area contributed by atoms with Gasteiger partial charge in [-0.15, -0.1) is 0 Å². The molecule has 0 N–H and O–H groups in total. The molecule has 3 heterocycles. The van der Waals surface area contributed by atoms with Gasteiger partial charge in [-0.25, -0.2) is 0 Å². The fourth-order valence-corrected chi connectivity index (χ4v) is 3.29. The molecular weight excluding hydrogens is 294 g/mol. The Morgan fingerprint density at radius 2 is 1.96 bits per heavy atom. The number of carbonyl (C=O) groups excluding carboxylic acids is 1. The van der Waals surface area contributed by atoms with Gasteiger partial charge in [-0.05, 0) is 31.4 Å². The Hall–Kier alpha value is -2.08. The largest absolute Gasteiger partial charge is 0.423 e. The number of hydrogen-bond acceptors (Lipinski definition) is 5. The van der Waals surface area contributed by atoms with Crippen LogP contribution in [0.25, 0.3) is 11.1 Å². The number of rotatable bonds is 2. The molecule has 0 spiro atoms. The van der Waals surface area contributed by atoms with Crippen molar-refractivity contribution in [3.8, 4) is 0 Å². The highest BCUT2D eigenvalue weighted by atomic mass is 16.5. The Morgan fingerprint density at radius 1 is 1.13 bits per heavy atom. The second-order valence-corrected chi connectivity index (χ2v) is 6.16. The first-order valence-electron chi connectivity index (χ1n) is 8.32. The van der Waals surface area contributed by atoms with Crippen molar-refractivity contribution in [3.05, 3.63) is 24.3 Å². The summed E-state index contributed by atoms with van der Waals surface area (Å²) in [6, 6.07) is 8.28. The number of anilines is 1. The molecule has 2 saturated heterocycles. The molecule has 2 aliphatic heterocycles. The molecule has 4 rings (SSSR count). The third-order valence-corrected chi connectivity index (χ3v) is 4.56. The highest BCUT2D eigenvalue weighted by molar-refractivity contribution is 5.82. The number of oxazole rings is 1. The van der Waals surface area contributed by atoms with Crippen LogP contribution >= 0.6 is 0 Å². The summed E-state index contributed by atoms with van der Waals surface area (Å²) >= 11 is 0. The van der Waals surface area contributed by atoms with Crippen LogP contribution in [0.1, 0.15) is 19.3 Å². The number of benzene rings is 1. The fourth-order valence-electron chi connectivity index (χ4n) is 3.29. The van der Waals surface area contributed by atoms with Gasteiger partial charge >= 0.3 is 0 Å². The maximum Gasteiger partial charge on any atom is 0.298 e. The van der Waals surface area contributed by atoms with Gasteiger partial charge in [0.15, 0.2) is 11.7 Å². The van der Waals surface area contributed by atoms with E-state index in [1.807, 2.05) is 34.1 Å². The number of aromatic nitrogens is 1. The van der Waals surface area contributed by atoms with E-state index in [2.05, 4.69) is 4.98 Å². The highest BCUT2D eigenvalue weighted by Gasteiger charge is 2.32. The second kappa shape index (κ2) is 6.20. The number of amides is 1. The predicted octanol–water partition coefficient (Wildman–Crippen LogP) is 2.05. The molecule has 0 aliphatic carbocycles. The van der Waals surface area contributed by atoms with E-state index in [0.717, 1.165) is 37.0 Å². The van der Waals surface area contributed by atoms with Crippen molar-refractivity contribution in [2.45, 2.75) is 25.4 Å². The van der Waals surface area contributed by atoms with Gasteiger partial charge in [0.1, 0.15) is 5.52 Å². The molecule has 122 valence electrons. The predicted molar refractivity (Wildman–Crippen MR) is 86.4 cm³/mol. The Morgan fingerprint density at radius 3 is 2.78 bits per heavy atom. The molecule has 23 heavy (non-hydrogen) atoms. The lowest BCUT2D eigenvalue weighted by atomic mass is 10.1. The molecule has 2 aromatic rings. The normalized spacial score (nSPS) is 22.5. The SMILES string of the molecule is O=C(C1CN(c2nc3ccccc3o2)CCO1)N1CCCCC1. The Bertz CT molecular complexity index is 660. The topological polar surface area (TPSA) is 58.8 Å². The van der Waals surface area contributed by atoms with Gasteiger partial charge in [0.25, 0.3) is 11.9 Å². The number of morpholine rings is 1. The zero-order chi connectivity index (χ0) is 15.6. The lowest BCUT2D eigenvalue weighted by Crippen LogP contribution is -2.52.